The summed E-state index contributed by atoms with van der Waals surface area (Å²) in [5, 5.41) is 15.9. The van der Waals surface area contributed by atoms with Crippen molar-refractivity contribution in [1.82, 2.24) is 0 Å². The van der Waals surface area contributed by atoms with Gasteiger partial charge in [-0.05, 0) is 35.4 Å². The van der Waals surface area contributed by atoms with Crippen LogP contribution in [0.1, 0.15) is 15.9 Å². The van der Waals surface area contributed by atoms with Crippen molar-refractivity contribution in [2.24, 2.45) is 0 Å². The number of anilines is 1. The molecule has 0 amide bonds. The lowest BCUT2D eigenvalue weighted by Crippen LogP contribution is -1.99. The van der Waals surface area contributed by atoms with Crippen LogP contribution in [-0.2, 0) is 0 Å². The second-order valence-corrected chi connectivity index (χ2v) is 4.00. The van der Waals surface area contributed by atoms with Gasteiger partial charge in [0.15, 0.2) is 0 Å². The highest BCUT2D eigenvalue weighted by molar-refractivity contribution is 5.98. The fraction of sp³-hybridized carbons (Fsp3) is 0. The SMILES string of the molecule is N=C(F)c1cc(-c2cccc(C(=O)O)c2)ccc1N. The summed E-state index contributed by atoms with van der Waals surface area (Å²) < 4.78 is 13.0. The molecule has 0 saturated carbocycles. The molecule has 0 bridgehead atoms. The van der Waals surface area contributed by atoms with Gasteiger partial charge in [-0.25, -0.2) is 4.79 Å². The Bertz CT molecular complexity index is 668. The van der Waals surface area contributed by atoms with Crippen molar-refractivity contribution in [3.05, 3.63) is 53.6 Å². The van der Waals surface area contributed by atoms with Crippen LogP contribution >= 0.6 is 0 Å². The minimum absolute atomic E-state index is 0.00164. The van der Waals surface area contributed by atoms with E-state index in [4.69, 9.17) is 16.2 Å². The fourth-order valence-electron chi connectivity index (χ4n) is 1.76. The largest absolute Gasteiger partial charge is 0.478 e. The van der Waals surface area contributed by atoms with Gasteiger partial charge in [0.1, 0.15) is 0 Å². The van der Waals surface area contributed by atoms with Crippen molar-refractivity contribution >= 4 is 17.6 Å². The van der Waals surface area contributed by atoms with Crippen molar-refractivity contribution in [2.45, 2.75) is 0 Å². The van der Waals surface area contributed by atoms with Crippen LogP contribution in [0.15, 0.2) is 42.5 Å². The van der Waals surface area contributed by atoms with E-state index in [9.17, 15) is 9.18 Å². The second kappa shape index (κ2) is 4.89. The molecule has 4 N–H and O–H groups in total. The van der Waals surface area contributed by atoms with E-state index >= 15 is 0 Å². The van der Waals surface area contributed by atoms with E-state index in [1.54, 1.807) is 18.2 Å². The van der Waals surface area contributed by atoms with E-state index in [1.807, 2.05) is 0 Å². The lowest BCUT2D eigenvalue weighted by molar-refractivity contribution is 0.0697. The number of aromatic carboxylic acids is 1. The zero-order chi connectivity index (χ0) is 14.0. The zero-order valence-electron chi connectivity index (χ0n) is 9.85. The van der Waals surface area contributed by atoms with Gasteiger partial charge in [-0.3, -0.25) is 5.41 Å². The number of nitrogens with one attached hydrogen (secondary N) is 1. The highest BCUT2D eigenvalue weighted by Gasteiger charge is 2.09. The second-order valence-electron chi connectivity index (χ2n) is 4.00. The van der Waals surface area contributed by atoms with Crippen LogP contribution in [0.25, 0.3) is 11.1 Å². The Morgan fingerprint density at radius 2 is 1.84 bits per heavy atom. The molecule has 0 aromatic heterocycles. The standard InChI is InChI=1S/C14H11FN2O2/c15-13(17)11-7-9(4-5-12(11)16)8-2-1-3-10(6-8)14(18)19/h1-7,17H,16H2,(H,18,19). The molecule has 0 saturated heterocycles. The maximum absolute atomic E-state index is 13.0. The van der Waals surface area contributed by atoms with Gasteiger partial charge in [0, 0.05) is 5.69 Å². The quantitative estimate of drug-likeness (QED) is 0.584. The number of nitrogen functional groups attached to an aromatic ring is 1. The first-order valence-corrected chi connectivity index (χ1v) is 5.46. The van der Waals surface area contributed by atoms with Crippen molar-refractivity contribution < 1.29 is 14.3 Å². The van der Waals surface area contributed by atoms with Gasteiger partial charge in [-0.2, -0.15) is 4.39 Å². The molecule has 0 aliphatic carbocycles. The van der Waals surface area contributed by atoms with Crippen LogP contribution in [0, 0.1) is 5.41 Å². The van der Waals surface area contributed by atoms with Crippen LogP contribution in [0.2, 0.25) is 0 Å². The lowest BCUT2D eigenvalue weighted by Gasteiger charge is -2.07. The number of benzene rings is 2. The van der Waals surface area contributed by atoms with Gasteiger partial charge in [0.25, 0.3) is 0 Å². The average molecular weight is 258 g/mol. The summed E-state index contributed by atoms with van der Waals surface area (Å²) in [5.74, 6) is -2.15. The Hall–Kier alpha value is -2.69. The first-order chi connectivity index (χ1) is 8.99. The summed E-state index contributed by atoms with van der Waals surface area (Å²) in [7, 11) is 0. The number of carboxylic acids is 1. The number of carboxylic acid groups (broad SMARTS) is 1. The van der Waals surface area contributed by atoms with Crippen molar-refractivity contribution in [2.75, 3.05) is 5.73 Å². The molecule has 0 aliphatic heterocycles. The molecule has 0 aliphatic rings. The number of hydrogen-bond donors (Lipinski definition) is 3. The molecule has 0 heterocycles. The number of carbonyl (C=O) groups is 1. The monoisotopic (exact) mass is 258 g/mol. The van der Waals surface area contributed by atoms with Crippen LogP contribution in [0.5, 0.6) is 0 Å². The van der Waals surface area contributed by atoms with Crippen LogP contribution < -0.4 is 5.73 Å². The zero-order valence-corrected chi connectivity index (χ0v) is 9.85. The maximum Gasteiger partial charge on any atom is 0.335 e. The smallest absolute Gasteiger partial charge is 0.335 e. The number of halogens is 1. The van der Waals surface area contributed by atoms with Gasteiger partial charge in [0.05, 0.1) is 11.1 Å². The lowest BCUT2D eigenvalue weighted by atomic mass is 10.0. The number of nitrogens with two attached hydrogens (primary N) is 1. The van der Waals surface area contributed by atoms with Crippen molar-refractivity contribution in [3.63, 3.8) is 0 Å². The molecule has 96 valence electrons. The van der Waals surface area contributed by atoms with Gasteiger partial charge >= 0.3 is 5.97 Å². The highest BCUT2D eigenvalue weighted by atomic mass is 19.1. The molecule has 0 spiro atoms. The first kappa shape index (κ1) is 12.8. The molecular weight excluding hydrogens is 247 g/mol. The number of hydrogen-bond acceptors (Lipinski definition) is 3. The predicted molar refractivity (Wildman–Crippen MR) is 71.2 cm³/mol. The fourth-order valence-corrected chi connectivity index (χ4v) is 1.76. The van der Waals surface area contributed by atoms with E-state index in [0.717, 1.165) is 0 Å². The van der Waals surface area contributed by atoms with Gasteiger partial charge in [0.2, 0.25) is 5.97 Å². The topological polar surface area (TPSA) is 87.2 Å². The van der Waals surface area contributed by atoms with Crippen LogP contribution in [-0.4, -0.2) is 17.0 Å². The Morgan fingerprint density at radius 3 is 2.47 bits per heavy atom. The molecule has 4 nitrogen and oxygen atoms in total. The van der Waals surface area contributed by atoms with Gasteiger partial charge in [-0.15, -0.1) is 0 Å². The Morgan fingerprint density at radius 1 is 1.16 bits per heavy atom. The molecule has 0 unspecified atom stereocenters. The summed E-state index contributed by atoms with van der Waals surface area (Å²) >= 11 is 0. The van der Waals surface area contributed by atoms with E-state index in [-0.39, 0.29) is 16.8 Å². The average Bonchev–Trinajstić information content (AvgIpc) is 2.39. The molecule has 19 heavy (non-hydrogen) atoms. The molecule has 2 rings (SSSR count). The normalized spacial score (nSPS) is 10.2. The Balaban J connectivity index is 2.53. The van der Waals surface area contributed by atoms with Gasteiger partial charge in [-0.1, -0.05) is 18.2 Å². The highest BCUT2D eigenvalue weighted by Crippen LogP contribution is 2.25. The van der Waals surface area contributed by atoms with Crippen molar-refractivity contribution in [3.8, 4) is 11.1 Å². The maximum atomic E-state index is 13.0. The summed E-state index contributed by atoms with van der Waals surface area (Å²) in [6.07, 6.45) is 0. The molecule has 2 aromatic rings. The van der Waals surface area contributed by atoms with E-state index < -0.39 is 11.9 Å². The Labute approximate surface area is 108 Å². The summed E-state index contributed by atoms with van der Waals surface area (Å²) in [6, 6.07) is 10.9. The van der Waals surface area contributed by atoms with Crippen LogP contribution in [0.4, 0.5) is 10.1 Å². The van der Waals surface area contributed by atoms with E-state index in [0.29, 0.717) is 11.1 Å². The van der Waals surface area contributed by atoms with E-state index in [1.165, 1.54) is 24.3 Å². The van der Waals surface area contributed by atoms with Gasteiger partial charge < -0.3 is 10.8 Å². The van der Waals surface area contributed by atoms with E-state index in [2.05, 4.69) is 0 Å². The summed E-state index contributed by atoms with van der Waals surface area (Å²) in [4.78, 5) is 10.9. The third-order valence-corrected chi connectivity index (χ3v) is 2.73. The summed E-state index contributed by atoms with van der Waals surface area (Å²) in [6.45, 7) is 0. The molecule has 5 heteroatoms. The third-order valence-electron chi connectivity index (χ3n) is 2.73. The first-order valence-electron chi connectivity index (χ1n) is 5.46. The Kier molecular flexibility index (Phi) is 3.29. The molecule has 0 radical (unpaired) electrons. The number of rotatable bonds is 3. The predicted octanol–water partition coefficient (Wildman–Crippen LogP) is 2.93. The minimum Gasteiger partial charge on any atom is -0.478 e. The van der Waals surface area contributed by atoms with Crippen LogP contribution in [0.3, 0.4) is 0 Å². The summed E-state index contributed by atoms with van der Waals surface area (Å²) in [5.41, 5.74) is 7.12. The molecule has 0 atom stereocenters. The third kappa shape index (κ3) is 2.60. The molecular formula is C14H11FN2O2. The minimum atomic E-state index is -1.12. The van der Waals surface area contributed by atoms with Crippen molar-refractivity contribution in [1.29, 1.82) is 5.41 Å². The molecule has 0 fully saturated rings. The molecule has 2 aromatic carbocycles.